The summed E-state index contributed by atoms with van der Waals surface area (Å²) in [6.45, 7) is 7.24. The van der Waals surface area contributed by atoms with Crippen molar-refractivity contribution >= 4 is 0 Å². The standard InChI is InChI=1S/C58H61NO7/c1-42-32-51(61-31-30-59)29-28-49(42)34-50-35-52(53(33-43(50)2)62-37-45-20-10-4-11-21-45)55-57(64-39-47-24-14-6-15-25-47)58(65-40-48-26-16-7-17-27-48)56(63-38-46-22-12-5-13-23-46)54(66-55)41-60-36-44-18-8-3-9-19-44/h3-29,32-33,35,54-58H,30-31,34,36-41,59H2,1-2H3/t54?,55?,56-,57+,58?/m1/s1. The van der Waals surface area contributed by atoms with Gasteiger partial charge in [0, 0.05) is 12.1 Å². The van der Waals surface area contributed by atoms with Crippen LogP contribution in [0.4, 0.5) is 0 Å². The van der Waals surface area contributed by atoms with Gasteiger partial charge in [0.2, 0.25) is 0 Å². The first-order valence-corrected chi connectivity index (χ1v) is 23.0. The van der Waals surface area contributed by atoms with Crippen LogP contribution in [-0.2, 0) is 63.1 Å². The molecule has 8 rings (SSSR count). The number of aryl methyl sites for hydroxylation is 2. The zero-order valence-electron chi connectivity index (χ0n) is 38.0. The van der Waals surface area contributed by atoms with Gasteiger partial charge in [0.15, 0.2) is 0 Å². The summed E-state index contributed by atoms with van der Waals surface area (Å²) in [5.41, 5.74) is 16.4. The van der Waals surface area contributed by atoms with Gasteiger partial charge in [-0.2, -0.15) is 0 Å². The Labute approximate surface area is 390 Å². The summed E-state index contributed by atoms with van der Waals surface area (Å²) in [4.78, 5) is 0. The highest BCUT2D eigenvalue weighted by Gasteiger charge is 2.50. The quantitative estimate of drug-likeness (QED) is 0.0720. The minimum Gasteiger partial charge on any atom is -0.492 e. The van der Waals surface area contributed by atoms with Crippen LogP contribution in [0.25, 0.3) is 0 Å². The molecule has 8 nitrogen and oxygen atoms in total. The summed E-state index contributed by atoms with van der Waals surface area (Å²) < 4.78 is 48.0. The molecule has 1 fully saturated rings. The summed E-state index contributed by atoms with van der Waals surface area (Å²) >= 11 is 0. The van der Waals surface area contributed by atoms with E-state index in [4.69, 9.17) is 38.9 Å². The van der Waals surface area contributed by atoms with Crippen LogP contribution in [0.3, 0.4) is 0 Å². The third-order valence-corrected chi connectivity index (χ3v) is 12.0. The lowest BCUT2D eigenvalue weighted by atomic mass is 9.87. The monoisotopic (exact) mass is 883 g/mol. The molecule has 2 N–H and O–H groups in total. The minimum atomic E-state index is -0.658. The topological polar surface area (TPSA) is 90.6 Å². The Hall–Kier alpha value is -6.10. The Balaban J connectivity index is 1.23. The molecular formula is C58H61NO7. The molecule has 7 aromatic carbocycles. The molecule has 8 heteroatoms. The fourth-order valence-corrected chi connectivity index (χ4v) is 8.40. The lowest BCUT2D eigenvalue weighted by Gasteiger charge is -2.46. The zero-order chi connectivity index (χ0) is 45.3. The molecule has 5 atom stereocenters. The molecule has 1 heterocycles. The number of ether oxygens (including phenoxy) is 7. The van der Waals surface area contributed by atoms with Crippen molar-refractivity contribution in [2.45, 2.75) is 83.8 Å². The van der Waals surface area contributed by atoms with Crippen LogP contribution in [0, 0.1) is 13.8 Å². The van der Waals surface area contributed by atoms with Crippen molar-refractivity contribution in [3.8, 4) is 11.5 Å². The lowest BCUT2D eigenvalue weighted by molar-refractivity contribution is -0.275. The Kier molecular flexibility index (Phi) is 16.8. The van der Waals surface area contributed by atoms with Crippen molar-refractivity contribution in [1.29, 1.82) is 0 Å². The van der Waals surface area contributed by atoms with Gasteiger partial charge in [0.1, 0.15) is 55.2 Å². The Morgan fingerprint density at radius 3 is 1.48 bits per heavy atom. The maximum absolute atomic E-state index is 7.45. The third kappa shape index (κ3) is 12.8. The predicted octanol–water partition coefficient (Wildman–Crippen LogP) is 11.2. The van der Waals surface area contributed by atoms with Crippen LogP contribution in [0.5, 0.6) is 11.5 Å². The normalized spacial score (nSPS) is 18.2. The Bertz CT molecular complexity index is 2510. The number of hydrogen-bond acceptors (Lipinski definition) is 8. The molecular weight excluding hydrogens is 823 g/mol. The summed E-state index contributed by atoms with van der Waals surface area (Å²) in [6, 6.07) is 61.8. The average molecular weight is 884 g/mol. The second kappa shape index (κ2) is 23.9. The van der Waals surface area contributed by atoms with E-state index in [1.807, 2.05) is 97.1 Å². The van der Waals surface area contributed by atoms with Gasteiger partial charge in [0.25, 0.3) is 0 Å². The van der Waals surface area contributed by atoms with Crippen LogP contribution in [0.2, 0.25) is 0 Å². The van der Waals surface area contributed by atoms with Gasteiger partial charge >= 0.3 is 0 Å². The molecule has 340 valence electrons. The molecule has 0 bridgehead atoms. The molecule has 66 heavy (non-hydrogen) atoms. The van der Waals surface area contributed by atoms with E-state index in [9.17, 15) is 0 Å². The van der Waals surface area contributed by atoms with Crippen molar-refractivity contribution in [1.82, 2.24) is 0 Å². The molecule has 1 saturated heterocycles. The third-order valence-electron chi connectivity index (χ3n) is 12.0. The molecule has 0 aromatic heterocycles. The van der Waals surface area contributed by atoms with Crippen LogP contribution < -0.4 is 15.2 Å². The van der Waals surface area contributed by atoms with Gasteiger partial charge in [-0.1, -0.05) is 158 Å². The van der Waals surface area contributed by atoms with Gasteiger partial charge in [-0.3, -0.25) is 0 Å². The van der Waals surface area contributed by atoms with Crippen molar-refractivity contribution < 1.29 is 33.2 Å². The lowest BCUT2D eigenvalue weighted by Crippen LogP contribution is -2.58. The predicted molar refractivity (Wildman–Crippen MR) is 259 cm³/mol. The number of benzene rings is 7. The first-order chi connectivity index (χ1) is 32.5. The molecule has 0 radical (unpaired) electrons. The van der Waals surface area contributed by atoms with Gasteiger partial charge in [-0.25, -0.2) is 0 Å². The molecule has 3 unspecified atom stereocenters. The van der Waals surface area contributed by atoms with E-state index in [1.54, 1.807) is 0 Å². The summed E-state index contributed by atoms with van der Waals surface area (Å²) in [7, 11) is 0. The molecule has 1 aliphatic rings. The van der Waals surface area contributed by atoms with E-state index in [0.717, 1.165) is 61.6 Å². The molecule has 0 saturated carbocycles. The largest absolute Gasteiger partial charge is 0.492 e. The van der Waals surface area contributed by atoms with Crippen LogP contribution in [0.1, 0.15) is 61.7 Å². The number of nitrogens with two attached hydrogens (primary N) is 1. The number of rotatable bonds is 22. The number of hydrogen-bond donors (Lipinski definition) is 1. The zero-order valence-corrected chi connectivity index (χ0v) is 38.0. The minimum absolute atomic E-state index is 0.248. The summed E-state index contributed by atoms with van der Waals surface area (Å²) in [6.07, 6.45) is -2.36. The molecule has 1 aliphatic heterocycles. The van der Waals surface area contributed by atoms with E-state index in [-0.39, 0.29) is 6.61 Å². The van der Waals surface area contributed by atoms with Gasteiger partial charge in [-0.15, -0.1) is 0 Å². The second-order valence-corrected chi connectivity index (χ2v) is 16.9. The van der Waals surface area contributed by atoms with Crippen LogP contribution in [0.15, 0.2) is 182 Å². The van der Waals surface area contributed by atoms with Gasteiger partial charge in [-0.05, 0) is 94.6 Å². The highest BCUT2D eigenvalue weighted by Crippen LogP contribution is 2.43. The van der Waals surface area contributed by atoms with Crippen molar-refractivity contribution in [2.75, 3.05) is 19.8 Å². The maximum Gasteiger partial charge on any atom is 0.126 e. The van der Waals surface area contributed by atoms with E-state index >= 15 is 0 Å². The molecule has 7 aromatic rings. The van der Waals surface area contributed by atoms with Crippen LogP contribution >= 0.6 is 0 Å². The smallest absolute Gasteiger partial charge is 0.126 e. The van der Waals surface area contributed by atoms with E-state index in [0.29, 0.717) is 52.6 Å². The highest BCUT2D eigenvalue weighted by molar-refractivity contribution is 5.48. The highest BCUT2D eigenvalue weighted by atomic mass is 16.6. The fourth-order valence-electron chi connectivity index (χ4n) is 8.40. The molecule has 0 amide bonds. The maximum atomic E-state index is 7.45. The van der Waals surface area contributed by atoms with Crippen molar-refractivity contribution in [3.63, 3.8) is 0 Å². The van der Waals surface area contributed by atoms with Crippen LogP contribution in [-0.4, -0.2) is 44.2 Å². The first kappa shape index (κ1) is 46.4. The molecule has 0 aliphatic carbocycles. The van der Waals surface area contributed by atoms with E-state index < -0.39 is 30.5 Å². The SMILES string of the molecule is Cc1cc(OCCN)ccc1Cc1cc(C2OC(COCc3ccccc3)[C@@H](OCc3ccccc3)C(OCc3ccccc3)[C@H]2OCc2ccccc2)c(OCc2ccccc2)cc1C. The summed E-state index contributed by atoms with van der Waals surface area (Å²) in [5.74, 6) is 1.53. The van der Waals surface area contributed by atoms with Gasteiger partial charge < -0.3 is 38.9 Å². The van der Waals surface area contributed by atoms with Crippen molar-refractivity contribution in [2.24, 2.45) is 5.73 Å². The Morgan fingerprint density at radius 2 is 0.955 bits per heavy atom. The van der Waals surface area contributed by atoms with Crippen molar-refractivity contribution in [3.05, 3.63) is 238 Å². The summed E-state index contributed by atoms with van der Waals surface area (Å²) in [5, 5.41) is 0. The van der Waals surface area contributed by atoms with E-state index in [1.165, 1.54) is 5.56 Å². The average Bonchev–Trinajstić information content (AvgIpc) is 3.36. The molecule has 0 spiro atoms. The first-order valence-electron chi connectivity index (χ1n) is 23.0. The fraction of sp³-hybridized carbons (Fsp3) is 0.276. The second-order valence-electron chi connectivity index (χ2n) is 16.9. The van der Waals surface area contributed by atoms with E-state index in [2.05, 4.69) is 98.8 Å². The van der Waals surface area contributed by atoms with Gasteiger partial charge in [0.05, 0.1) is 33.0 Å². The Morgan fingerprint density at radius 1 is 0.470 bits per heavy atom.